The van der Waals surface area contributed by atoms with Gasteiger partial charge in [-0.15, -0.1) is 0 Å². The summed E-state index contributed by atoms with van der Waals surface area (Å²) in [5, 5.41) is 2.64. The highest BCUT2D eigenvalue weighted by Crippen LogP contribution is 2.23. The molecule has 0 fully saturated rings. The first kappa shape index (κ1) is 22.7. The lowest BCUT2D eigenvalue weighted by Gasteiger charge is -2.09. The van der Waals surface area contributed by atoms with Crippen LogP contribution in [0.2, 0.25) is 0 Å². The lowest BCUT2D eigenvalue weighted by Crippen LogP contribution is -2.30. The summed E-state index contributed by atoms with van der Waals surface area (Å²) in [6.45, 7) is 4.71. The molecule has 1 amide bonds. The maximum Gasteiger partial charge on any atom is 0.235 e. The predicted molar refractivity (Wildman–Crippen MR) is 112 cm³/mol. The number of carbonyl (C=O) groups is 1. The quantitative estimate of drug-likeness (QED) is 0.528. The van der Waals surface area contributed by atoms with Crippen LogP contribution in [-0.2, 0) is 21.2 Å². The fourth-order valence-corrected chi connectivity index (χ4v) is 3.89. The fourth-order valence-electron chi connectivity index (χ4n) is 2.60. The van der Waals surface area contributed by atoms with Gasteiger partial charge in [0.25, 0.3) is 0 Å². The summed E-state index contributed by atoms with van der Waals surface area (Å²) in [4.78, 5) is 16.1. The van der Waals surface area contributed by atoms with Gasteiger partial charge in [0.1, 0.15) is 17.3 Å². The van der Waals surface area contributed by atoms with E-state index in [0.717, 1.165) is 24.2 Å². The molecule has 1 N–H and O–H groups in total. The van der Waals surface area contributed by atoms with E-state index in [1.807, 2.05) is 26.0 Å². The largest absolute Gasteiger partial charge is 0.494 e. The molecule has 1 aromatic heterocycles. The summed E-state index contributed by atoms with van der Waals surface area (Å²) >= 11 is 0. The summed E-state index contributed by atoms with van der Waals surface area (Å²) in [6, 6.07) is 10.6. The van der Waals surface area contributed by atoms with Crippen LogP contribution in [0.4, 0.5) is 0 Å². The summed E-state index contributed by atoms with van der Waals surface area (Å²) in [5.74, 6) is 0.801. The average molecular weight is 421 g/mol. The van der Waals surface area contributed by atoms with Crippen LogP contribution in [0.5, 0.6) is 17.4 Å². The number of hydrogen-bond donors (Lipinski definition) is 1. The number of hydrogen-bond acceptors (Lipinski definition) is 6. The molecule has 0 unspecified atom stereocenters. The Labute approximate surface area is 172 Å². The molecule has 0 aliphatic heterocycles. The molecule has 158 valence electrons. The maximum atomic E-state index is 12.0. The van der Waals surface area contributed by atoms with Gasteiger partial charge in [-0.1, -0.05) is 19.8 Å². The molecule has 0 spiro atoms. The zero-order chi connectivity index (χ0) is 21.1. The van der Waals surface area contributed by atoms with Crippen LogP contribution in [-0.4, -0.2) is 37.4 Å². The number of benzene rings is 1. The van der Waals surface area contributed by atoms with Crippen molar-refractivity contribution in [2.45, 2.75) is 39.7 Å². The summed E-state index contributed by atoms with van der Waals surface area (Å²) in [6.07, 6.45) is 3.94. The molecule has 0 bridgehead atoms. The molecule has 8 heteroatoms. The Kier molecular flexibility index (Phi) is 8.92. The third kappa shape index (κ3) is 8.51. The molecule has 2 aromatic rings. The number of amides is 1. The Bertz CT molecular complexity index is 882. The van der Waals surface area contributed by atoms with E-state index in [4.69, 9.17) is 9.47 Å². The number of nitrogens with zero attached hydrogens (tertiary/aromatic N) is 1. The van der Waals surface area contributed by atoms with Crippen molar-refractivity contribution < 1.29 is 22.7 Å². The molecule has 0 radical (unpaired) electrons. The molecule has 0 atom stereocenters. The minimum Gasteiger partial charge on any atom is -0.494 e. The molecular weight excluding hydrogens is 392 g/mol. The van der Waals surface area contributed by atoms with Crippen molar-refractivity contribution in [1.29, 1.82) is 0 Å². The van der Waals surface area contributed by atoms with Gasteiger partial charge in [0.15, 0.2) is 9.84 Å². The second kappa shape index (κ2) is 11.4. The number of rotatable bonds is 12. The van der Waals surface area contributed by atoms with Crippen molar-refractivity contribution in [2.24, 2.45) is 0 Å². The van der Waals surface area contributed by atoms with Crippen molar-refractivity contribution in [3.8, 4) is 17.4 Å². The summed E-state index contributed by atoms with van der Waals surface area (Å²) in [5.41, 5.74) is 0.762. The monoisotopic (exact) mass is 420 g/mol. The van der Waals surface area contributed by atoms with Crippen LogP contribution >= 0.6 is 0 Å². The van der Waals surface area contributed by atoms with Crippen LogP contribution in [0.1, 0.15) is 38.7 Å². The number of carbonyl (C=O) groups excluding carboxylic acids is 1. The SMILES string of the molecule is CCCCCS(=O)(=O)CC(=O)NCc1ccnc(Oc2ccc(OCC)cc2)c1. The molecule has 0 saturated heterocycles. The summed E-state index contributed by atoms with van der Waals surface area (Å²) in [7, 11) is -3.37. The highest BCUT2D eigenvalue weighted by atomic mass is 32.2. The van der Waals surface area contributed by atoms with E-state index in [-0.39, 0.29) is 12.3 Å². The number of aromatic nitrogens is 1. The second-order valence-corrected chi connectivity index (χ2v) is 8.77. The minimum atomic E-state index is -3.37. The van der Waals surface area contributed by atoms with Gasteiger partial charge in [-0.05, 0) is 49.2 Å². The summed E-state index contributed by atoms with van der Waals surface area (Å²) < 4.78 is 35.0. The zero-order valence-corrected chi connectivity index (χ0v) is 17.7. The molecule has 2 rings (SSSR count). The number of nitrogens with one attached hydrogen (secondary N) is 1. The van der Waals surface area contributed by atoms with Crippen LogP contribution in [0.3, 0.4) is 0 Å². The lowest BCUT2D eigenvalue weighted by atomic mass is 10.2. The molecule has 0 aliphatic carbocycles. The smallest absolute Gasteiger partial charge is 0.235 e. The van der Waals surface area contributed by atoms with E-state index in [2.05, 4.69) is 10.3 Å². The topological polar surface area (TPSA) is 94.6 Å². The Morgan fingerprint density at radius 1 is 1.07 bits per heavy atom. The molecule has 0 aliphatic rings. The predicted octanol–water partition coefficient (Wildman–Crippen LogP) is 3.49. The normalized spacial score (nSPS) is 11.1. The van der Waals surface area contributed by atoms with E-state index in [1.165, 1.54) is 0 Å². The standard InChI is InChI=1S/C21H28N2O5S/c1-3-5-6-13-29(25,26)16-20(24)23-15-17-11-12-22-21(14-17)28-19-9-7-18(8-10-19)27-4-2/h7-12,14H,3-6,13,15-16H2,1-2H3,(H,23,24). The van der Waals surface area contributed by atoms with Gasteiger partial charge < -0.3 is 14.8 Å². The number of unbranched alkanes of at least 4 members (excludes halogenated alkanes) is 2. The van der Waals surface area contributed by atoms with Crippen LogP contribution in [0, 0.1) is 0 Å². The van der Waals surface area contributed by atoms with Crippen molar-refractivity contribution >= 4 is 15.7 Å². The van der Waals surface area contributed by atoms with Crippen LogP contribution < -0.4 is 14.8 Å². The van der Waals surface area contributed by atoms with Gasteiger partial charge >= 0.3 is 0 Å². The van der Waals surface area contributed by atoms with Crippen LogP contribution in [0.15, 0.2) is 42.6 Å². The molecule has 7 nitrogen and oxygen atoms in total. The van der Waals surface area contributed by atoms with Crippen LogP contribution in [0.25, 0.3) is 0 Å². The molecule has 29 heavy (non-hydrogen) atoms. The van der Waals surface area contributed by atoms with E-state index >= 15 is 0 Å². The van der Waals surface area contributed by atoms with E-state index in [1.54, 1.807) is 30.5 Å². The number of sulfone groups is 1. The average Bonchev–Trinajstić information content (AvgIpc) is 2.68. The first-order valence-electron chi connectivity index (χ1n) is 9.74. The Morgan fingerprint density at radius 2 is 1.79 bits per heavy atom. The van der Waals surface area contributed by atoms with E-state index in [9.17, 15) is 13.2 Å². The Balaban J connectivity index is 1.86. The zero-order valence-electron chi connectivity index (χ0n) is 16.9. The lowest BCUT2D eigenvalue weighted by molar-refractivity contribution is -0.118. The van der Waals surface area contributed by atoms with Crippen molar-refractivity contribution in [1.82, 2.24) is 10.3 Å². The third-order valence-electron chi connectivity index (χ3n) is 4.06. The molecular formula is C21H28N2O5S. The first-order chi connectivity index (χ1) is 13.9. The number of pyridine rings is 1. The number of ether oxygens (including phenoxy) is 2. The molecule has 1 aromatic carbocycles. The van der Waals surface area contributed by atoms with Gasteiger partial charge in [0, 0.05) is 18.8 Å². The molecule has 0 saturated carbocycles. The van der Waals surface area contributed by atoms with Gasteiger partial charge in [0.2, 0.25) is 11.8 Å². The van der Waals surface area contributed by atoms with E-state index < -0.39 is 21.5 Å². The van der Waals surface area contributed by atoms with Crippen molar-refractivity contribution in [3.05, 3.63) is 48.2 Å². The van der Waals surface area contributed by atoms with Crippen molar-refractivity contribution in [3.63, 3.8) is 0 Å². The third-order valence-corrected chi connectivity index (χ3v) is 5.67. The first-order valence-corrected chi connectivity index (χ1v) is 11.6. The van der Waals surface area contributed by atoms with Gasteiger partial charge in [-0.25, -0.2) is 13.4 Å². The second-order valence-electron chi connectivity index (χ2n) is 6.58. The maximum absolute atomic E-state index is 12.0. The Morgan fingerprint density at radius 3 is 2.48 bits per heavy atom. The fraction of sp³-hybridized carbons (Fsp3) is 0.429. The van der Waals surface area contributed by atoms with Gasteiger partial charge in [0.05, 0.1) is 12.4 Å². The van der Waals surface area contributed by atoms with E-state index in [0.29, 0.717) is 24.7 Å². The molecule has 1 heterocycles. The van der Waals surface area contributed by atoms with Crippen molar-refractivity contribution in [2.75, 3.05) is 18.1 Å². The highest BCUT2D eigenvalue weighted by Gasteiger charge is 2.16. The highest BCUT2D eigenvalue weighted by molar-refractivity contribution is 7.92. The Hall–Kier alpha value is -2.61. The van der Waals surface area contributed by atoms with Gasteiger partial charge in [-0.2, -0.15) is 0 Å². The minimum absolute atomic E-state index is 0.0452. The van der Waals surface area contributed by atoms with Gasteiger partial charge in [-0.3, -0.25) is 4.79 Å².